The summed E-state index contributed by atoms with van der Waals surface area (Å²) in [5.41, 5.74) is 2.50. The minimum Gasteiger partial charge on any atom is -0.369 e. The van der Waals surface area contributed by atoms with Gasteiger partial charge in [-0.15, -0.1) is 0 Å². The minimum absolute atomic E-state index is 0.649. The molecule has 112 valence electrons. The summed E-state index contributed by atoms with van der Waals surface area (Å²) >= 11 is 0. The molecular weight excluding hydrogens is 246 g/mol. The second kappa shape index (κ2) is 7.63. The molecule has 0 spiro atoms. The molecule has 1 unspecified atom stereocenters. The van der Waals surface area contributed by atoms with Crippen molar-refractivity contribution in [3.63, 3.8) is 0 Å². The maximum absolute atomic E-state index is 4.49. The van der Waals surface area contributed by atoms with Gasteiger partial charge in [-0.3, -0.25) is 4.98 Å². The van der Waals surface area contributed by atoms with Gasteiger partial charge in [0.2, 0.25) is 0 Å². The summed E-state index contributed by atoms with van der Waals surface area (Å²) in [4.78, 5) is 7.05. The lowest BCUT2D eigenvalue weighted by Crippen LogP contribution is -2.32. The Morgan fingerprint density at radius 1 is 1.35 bits per heavy atom. The van der Waals surface area contributed by atoms with Crippen LogP contribution < -0.4 is 10.2 Å². The number of aromatic nitrogens is 1. The molecule has 1 aromatic heterocycles. The first-order valence-electron chi connectivity index (χ1n) is 8.09. The van der Waals surface area contributed by atoms with E-state index in [0.29, 0.717) is 12.0 Å². The Hall–Kier alpha value is -1.09. The van der Waals surface area contributed by atoms with E-state index in [1.807, 2.05) is 6.20 Å². The van der Waals surface area contributed by atoms with Gasteiger partial charge in [-0.25, -0.2) is 0 Å². The summed E-state index contributed by atoms with van der Waals surface area (Å²) < 4.78 is 0. The number of hydrogen-bond acceptors (Lipinski definition) is 3. The van der Waals surface area contributed by atoms with Crippen molar-refractivity contribution in [2.45, 2.75) is 59.0 Å². The van der Waals surface area contributed by atoms with Gasteiger partial charge in [0, 0.05) is 31.0 Å². The first-order chi connectivity index (χ1) is 9.66. The molecule has 0 amide bonds. The first-order valence-corrected chi connectivity index (χ1v) is 8.09. The fraction of sp³-hybridized carbons (Fsp3) is 0.706. The second-order valence-electron chi connectivity index (χ2n) is 6.42. The highest BCUT2D eigenvalue weighted by molar-refractivity contribution is 5.47. The maximum atomic E-state index is 4.49. The normalized spacial score (nSPS) is 20.2. The van der Waals surface area contributed by atoms with Crippen LogP contribution in [0.2, 0.25) is 0 Å². The van der Waals surface area contributed by atoms with Gasteiger partial charge in [-0.05, 0) is 44.4 Å². The molecule has 2 heterocycles. The van der Waals surface area contributed by atoms with Crippen LogP contribution in [-0.4, -0.2) is 24.1 Å². The zero-order valence-electron chi connectivity index (χ0n) is 13.2. The van der Waals surface area contributed by atoms with Crippen molar-refractivity contribution < 1.29 is 0 Å². The summed E-state index contributed by atoms with van der Waals surface area (Å²) in [6.45, 7) is 9.91. The lowest BCUT2D eigenvalue weighted by molar-refractivity contribution is 0.548. The van der Waals surface area contributed by atoms with Crippen LogP contribution in [0.1, 0.15) is 52.1 Å². The quantitative estimate of drug-likeness (QED) is 0.890. The minimum atomic E-state index is 0.649. The van der Waals surface area contributed by atoms with E-state index in [9.17, 15) is 0 Å². The molecule has 1 N–H and O–H groups in total. The molecule has 3 heteroatoms. The van der Waals surface area contributed by atoms with E-state index in [1.165, 1.54) is 37.9 Å². The van der Waals surface area contributed by atoms with Gasteiger partial charge in [-0.2, -0.15) is 0 Å². The van der Waals surface area contributed by atoms with Crippen LogP contribution in [0.5, 0.6) is 0 Å². The van der Waals surface area contributed by atoms with Crippen molar-refractivity contribution >= 4 is 5.69 Å². The third-order valence-corrected chi connectivity index (χ3v) is 4.04. The Kier molecular flexibility index (Phi) is 5.84. The Morgan fingerprint density at radius 3 is 3.00 bits per heavy atom. The zero-order chi connectivity index (χ0) is 14.4. The van der Waals surface area contributed by atoms with Gasteiger partial charge in [0.15, 0.2) is 0 Å². The summed E-state index contributed by atoms with van der Waals surface area (Å²) in [7, 11) is 0. The van der Waals surface area contributed by atoms with Crippen molar-refractivity contribution in [1.82, 2.24) is 10.3 Å². The molecule has 0 bridgehead atoms. The van der Waals surface area contributed by atoms with Crippen molar-refractivity contribution in [2.24, 2.45) is 5.92 Å². The van der Waals surface area contributed by atoms with Crippen LogP contribution in [-0.2, 0) is 6.54 Å². The van der Waals surface area contributed by atoms with Gasteiger partial charge >= 0.3 is 0 Å². The van der Waals surface area contributed by atoms with E-state index in [-0.39, 0.29) is 0 Å². The van der Waals surface area contributed by atoms with Gasteiger partial charge in [-0.1, -0.05) is 26.7 Å². The average Bonchev–Trinajstić information content (AvgIpc) is 2.63. The fourth-order valence-corrected chi connectivity index (χ4v) is 2.89. The number of rotatable bonds is 5. The summed E-state index contributed by atoms with van der Waals surface area (Å²) in [5.74, 6) is 0.684. The van der Waals surface area contributed by atoms with Gasteiger partial charge in [0.25, 0.3) is 0 Å². The number of anilines is 1. The molecule has 0 aliphatic carbocycles. The molecule has 2 rings (SSSR count). The Labute approximate surface area is 123 Å². The summed E-state index contributed by atoms with van der Waals surface area (Å²) in [6, 6.07) is 5.07. The number of nitrogens with zero attached hydrogens (tertiary/aromatic N) is 2. The van der Waals surface area contributed by atoms with Crippen LogP contribution in [0.25, 0.3) is 0 Å². The van der Waals surface area contributed by atoms with Crippen molar-refractivity contribution in [2.75, 3.05) is 18.0 Å². The lowest BCUT2D eigenvalue weighted by Gasteiger charge is -2.29. The van der Waals surface area contributed by atoms with Crippen molar-refractivity contribution in [3.8, 4) is 0 Å². The van der Waals surface area contributed by atoms with Gasteiger partial charge in [0.05, 0.1) is 5.69 Å². The van der Waals surface area contributed by atoms with Crippen LogP contribution in [0.4, 0.5) is 5.69 Å². The van der Waals surface area contributed by atoms with Crippen LogP contribution in [0.15, 0.2) is 18.3 Å². The van der Waals surface area contributed by atoms with E-state index in [2.05, 4.69) is 48.1 Å². The molecule has 1 aromatic rings. The monoisotopic (exact) mass is 275 g/mol. The molecule has 1 aliphatic rings. The molecule has 1 saturated heterocycles. The predicted molar refractivity (Wildman–Crippen MR) is 86.1 cm³/mol. The second-order valence-corrected chi connectivity index (χ2v) is 6.42. The number of hydrogen-bond donors (Lipinski definition) is 1. The van der Waals surface area contributed by atoms with E-state index in [0.717, 1.165) is 18.8 Å². The summed E-state index contributed by atoms with van der Waals surface area (Å²) in [5, 5.41) is 3.47. The Balaban J connectivity index is 2.00. The number of pyridine rings is 1. The smallest absolute Gasteiger partial charge is 0.0562 e. The molecule has 1 aliphatic heterocycles. The fourth-order valence-electron chi connectivity index (χ4n) is 2.89. The Morgan fingerprint density at radius 2 is 2.20 bits per heavy atom. The van der Waals surface area contributed by atoms with Crippen LogP contribution in [0.3, 0.4) is 0 Å². The standard InChI is InChI=1S/C17H29N3/c1-14(2)12-18-13-16-11-17(8-9-19-16)20-10-6-4-5-7-15(20)3/h8-9,11,14-15,18H,4-7,10,12-13H2,1-3H3. The molecule has 0 aromatic carbocycles. The highest BCUT2D eigenvalue weighted by Gasteiger charge is 2.17. The van der Waals surface area contributed by atoms with Crippen molar-refractivity contribution in [3.05, 3.63) is 24.0 Å². The first kappa shape index (κ1) is 15.3. The maximum Gasteiger partial charge on any atom is 0.0562 e. The lowest BCUT2D eigenvalue weighted by atomic mass is 10.1. The SMILES string of the molecule is CC(C)CNCc1cc(N2CCCCCC2C)ccn1. The average molecular weight is 275 g/mol. The molecule has 0 saturated carbocycles. The van der Waals surface area contributed by atoms with Crippen LogP contribution in [0, 0.1) is 5.92 Å². The molecular formula is C17H29N3. The molecule has 0 radical (unpaired) electrons. The third-order valence-electron chi connectivity index (χ3n) is 4.04. The van der Waals surface area contributed by atoms with E-state index in [4.69, 9.17) is 0 Å². The van der Waals surface area contributed by atoms with Crippen LogP contribution >= 0.6 is 0 Å². The zero-order valence-corrected chi connectivity index (χ0v) is 13.2. The third kappa shape index (κ3) is 4.48. The summed E-state index contributed by atoms with van der Waals surface area (Å²) in [6.07, 6.45) is 7.32. The number of nitrogens with one attached hydrogen (secondary N) is 1. The predicted octanol–water partition coefficient (Wildman–Crippen LogP) is 3.60. The topological polar surface area (TPSA) is 28.2 Å². The van der Waals surface area contributed by atoms with E-state index >= 15 is 0 Å². The molecule has 3 nitrogen and oxygen atoms in total. The largest absolute Gasteiger partial charge is 0.369 e. The van der Waals surface area contributed by atoms with Crippen molar-refractivity contribution in [1.29, 1.82) is 0 Å². The van der Waals surface area contributed by atoms with E-state index in [1.54, 1.807) is 0 Å². The van der Waals surface area contributed by atoms with Gasteiger partial charge < -0.3 is 10.2 Å². The van der Waals surface area contributed by atoms with E-state index < -0.39 is 0 Å². The molecule has 20 heavy (non-hydrogen) atoms. The molecule has 1 atom stereocenters. The molecule has 1 fully saturated rings. The Bertz CT molecular complexity index is 403. The highest BCUT2D eigenvalue weighted by Crippen LogP contribution is 2.24. The highest BCUT2D eigenvalue weighted by atomic mass is 15.2. The van der Waals surface area contributed by atoms with Gasteiger partial charge in [0.1, 0.15) is 0 Å².